The Morgan fingerprint density at radius 1 is 0.944 bits per heavy atom. The SMILES string of the molecule is CCCCCCCCCCCCCCCCC[C@H]1OC[C@H](COP(=O)(O)OCC[n+]2ccsc2)O1.[OH-]. The van der Waals surface area contributed by atoms with Crippen LogP contribution in [-0.2, 0) is 29.6 Å². The molecule has 1 aromatic rings. The smallest absolute Gasteiger partial charge is 0.472 e. The van der Waals surface area contributed by atoms with Gasteiger partial charge in [0, 0.05) is 0 Å². The molecule has 1 aliphatic rings. The lowest BCUT2D eigenvalue weighted by Crippen LogP contribution is -2.32. The maximum Gasteiger partial charge on any atom is 0.472 e. The third-order valence-electron chi connectivity index (χ3n) is 6.41. The summed E-state index contributed by atoms with van der Waals surface area (Å²) in [4.78, 5) is 9.83. The molecule has 0 bridgehead atoms. The van der Waals surface area contributed by atoms with Crippen LogP contribution < -0.4 is 4.57 Å². The summed E-state index contributed by atoms with van der Waals surface area (Å²) in [5.74, 6) is 0. The molecule has 0 aromatic carbocycles. The van der Waals surface area contributed by atoms with E-state index >= 15 is 0 Å². The van der Waals surface area contributed by atoms with Crippen LogP contribution in [0.25, 0.3) is 0 Å². The van der Waals surface area contributed by atoms with E-state index in [1.54, 1.807) is 11.3 Å². The van der Waals surface area contributed by atoms with Crippen molar-refractivity contribution in [1.82, 2.24) is 0 Å². The molecule has 0 saturated carbocycles. The van der Waals surface area contributed by atoms with E-state index in [0.717, 1.165) is 12.8 Å². The van der Waals surface area contributed by atoms with Crippen LogP contribution in [0.3, 0.4) is 0 Å². The number of hydrogen-bond donors (Lipinski definition) is 1. The topological polar surface area (TPSA) is 108 Å². The standard InChI is InChI=1S/C26H48NO6PS.H2O/c1-2-3-4-5-6-7-8-9-10-11-12-13-14-15-16-17-26-30-22-25(33-26)23-32-34(28,29)31-20-18-27-19-21-35-24-27;/h19,21,24-26H,2-18,20,22-23H2,1H3;1H2/t25-,26+;/m1./s1. The van der Waals surface area contributed by atoms with Gasteiger partial charge in [0.2, 0.25) is 5.51 Å². The van der Waals surface area contributed by atoms with E-state index in [9.17, 15) is 9.46 Å². The first-order valence-electron chi connectivity index (χ1n) is 13.9. The van der Waals surface area contributed by atoms with Gasteiger partial charge in [-0.1, -0.05) is 108 Å². The van der Waals surface area contributed by atoms with Gasteiger partial charge in [-0.25, -0.2) is 4.57 Å². The van der Waals surface area contributed by atoms with Crippen LogP contribution in [-0.4, -0.2) is 42.6 Å². The van der Waals surface area contributed by atoms with Crippen LogP contribution in [0.5, 0.6) is 0 Å². The third-order valence-corrected chi connectivity index (χ3v) is 8.07. The summed E-state index contributed by atoms with van der Waals surface area (Å²) in [6.07, 6.45) is 22.4. The molecule has 0 spiro atoms. The molecule has 0 radical (unpaired) electrons. The van der Waals surface area contributed by atoms with Gasteiger partial charge in [0.1, 0.15) is 12.7 Å². The Kier molecular flexibility index (Phi) is 20.1. The molecule has 2 rings (SSSR count). The first-order chi connectivity index (χ1) is 17.1. The van der Waals surface area contributed by atoms with Crippen molar-refractivity contribution in [1.29, 1.82) is 0 Å². The number of aromatic nitrogens is 1. The van der Waals surface area contributed by atoms with Crippen molar-refractivity contribution in [3.8, 4) is 0 Å². The Labute approximate surface area is 222 Å². The Morgan fingerprint density at radius 2 is 1.53 bits per heavy atom. The van der Waals surface area contributed by atoms with Crippen molar-refractivity contribution in [2.24, 2.45) is 0 Å². The van der Waals surface area contributed by atoms with Gasteiger partial charge in [-0.15, -0.1) is 0 Å². The summed E-state index contributed by atoms with van der Waals surface area (Å²) >= 11 is 1.55. The van der Waals surface area contributed by atoms with E-state index in [-0.39, 0.29) is 31.1 Å². The highest BCUT2D eigenvalue weighted by molar-refractivity contribution is 7.47. The molecule has 1 fully saturated rings. The summed E-state index contributed by atoms with van der Waals surface area (Å²) < 4.78 is 35.5. The first kappa shape index (κ1) is 33.6. The van der Waals surface area contributed by atoms with Crippen molar-refractivity contribution >= 4 is 19.2 Å². The second-order valence-electron chi connectivity index (χ2n) is 9.62. The number of phosphoric acid groups is 1. The molecule has 1 unspecified atom stereocenters. The number of rotatable bonds is 23. The molecule has 1 aliphatic heterocycles. The quantitative estimate of drug-likeness (QED) is 0.0886. The molecular weight excluding hydrogens is 501 g/mol. The first-order valence-corrected chi connectivity index (χ1v) is 16.3. The minimum atomic E-state index is -4.08. The highest BCUT2D eigenvalue weighted by Gasteiger charge is 2.30. The summed E-state index contributed by atoms with van der Waals surface area (Å²) in [5, 5.41) is 1.93. The minimum absolute atomic E-state index is 0. The van der Waals surface area contributed by atoms with Gasteiger partial charge in [0.05, 0.1) is 18.6 Å². The van der Waals surface area contributed by atoms with Crippen molar-refractivity contribution < 1.29 is 38.0 Å². The molecule has 2 heterocycles. The van der Waals surface area contributed by atoms with Crippen LogP contribution in [0.15, 0.2) is 17.1 Å². The zero-order valence-electron chi connectivity index (χ0n) is 22.3. The number of unbranched alkanes of at least 4 members (excludes halogenated alkanes) is 14. The predicted octanol–water partition coefficient (Wildman–Crippen LogP) is 7.00. The van der Waals surface area contributed by atoms with Gasteiger partial charge in [-0.3, -0.25) is 9.05 Å². The van der Waals surface area contributed by atoms with Crippen molar-refractivity contribution in [3.05, 3.63) is 17.1 Å². The van der Waals surface area contributed by atoms with Crippen molar-refractivity contribution in [3.63, 3.8) is 0 Å². The lowest BCUT2D eigenvalue weighted by atomic mass is 10.0. The monoisotopic (exact) mass is 551 g/mol. The Bertz CT molecular complexity index is 665. The summed E-state index contributed by atoms with van der Waals surface area (Å²) in [5.41, 5.74) is 1.91. The van der Waals surface area contributed by atoms with Gasteiger partial charge < -0.3 is 19.8 Å². The van der Waals surface area contributed by atoms with Crippen LogP contribution in [0.2, 0.25) is 0 Å². The number of thiazole rings is 1. The summed E-state index contributed by atoms with van der Waals surface area (Å²) in [7, 11) is -4.08. The summed E-state index contributed by atoms with van der Waals surface area (Å²) in [6.45, 7) is 3.26. The van der Waals surface area contributed by atoms with Crippen LogP contribution in [0.4, 0.5) is 0 Å². The van der Waals surface area contributed by atoms with Crippen LogP contribution in [0, 0.1) is 0 Å². The fourth-order valence-electron chi connectivity index (χ4n) is 4.29. The van der Waals surface area contributed by atoms with E-state index in [4.69, 9.17) is 18.5 Å². The Hall–Kier alpha value is -0.380. The number of phosphoric ester groups is 1. The molecule has 1 saturated heterocycles. The predicted molar refractivity (Wildman–Crippen MR) is 142 cm³/mol. The minimum Gasteiger partial charge on any atom is -0.870 e. The van der Waals surface area contributed by atoms with E-state index in [1.165, 1.54) is 89.9 Å². The van der Waals surface area contributed by atoms with Crippen LogP contribution in [0.1, 0.15) is 110 Å². The summed E-state index contributed by atoms with van der Waals surface area (Å²) in [6, 6.07) is 0. The number of hydrogen-bond acceptors (Lipinski definition) is 7. The van der Waals surface area contributed by atoms with E-state index in [0.29, 0.717) is 13.2 Å². The van der Waals surface area contributed by atoms with Crippen molar-refractivity contribution in [2.75, 3.05) is 19.8 Å². The van der Waals surface area contributed by atoms with Gasteiger partial charge >= 0.3 is 7.82 Å². The fraction of sp³-hybridized carbons (Fsp3) is 0.885. The molecule has 8 nitrogen and oxygen atoms in total. The second kappa shape index (κ2) is 21.5. The lowest BCUT2D eigenvalue weighted by Gasteiger charge is -2.14. The lowest BCUT2D eigenvalue weighted by molar-refractivity contribution is -0.693. The maximum absolute atomic E-state index is 12.0. The molecule has 3 atom stereocenters. The molecule has 212 valence electrons. The van der Waals surface area contributed by atoms with Gasteiger partial charge in [0.25, 0.3) is 0 Å². The maximum atomic E-state index is 12.0. The zero-order valence-corrected chi connectivity index (χ0v) is 24.0. The van der Waals surface area contributed by atoms with E-state index in [1.807, 2.05) is 21.7 Å². The normalized spacial score (nSPS) is 19.3. The highest BCUT2D eigenvalue weighted by atomic mass is 32.1. The molecule has 36 heavy (non-hydrogen) atoms. The van der Waals surface area contributed by atoms with Gasteiger partial charge in [-0.2, -0.15) is 4.57 Å². The fourth-order valence-corrected chi connectivity index (χ4v) is 5.66. The third kappa shape index (κ3) is 17.2. The molecule has 2 N–H and O–H groups in total. The molecule has 1 aromatic heterocycles. The zero-order chi connectivity index (χ0) is 25.0. The number of ether oxygens (including phenoxy) is 2. The molecular formula is C26H50NO7PS. The van der Waals surface area contributed by atoms with E-state index < -0.39 is 7.82 Å². The molecule has 10 heteroatoms. The Balaban J connectivity index is 0.00000648. The van der Waals surface area contributed by atoms with E-state index in [2.05, 4.69) is 6.92 Å². The van der Waals surface area contributed by atoms with Crippen LogP contribution >= 0.6 is 19.2 Å². The van der Waals surface area contributed by atoms with Gasteiger partial charge in [0.15, 0.2) is 19.0 Å². The van der Waals surface area contributed by atoms with Gasteiger partial charge in [-0.05, 0) is 12.8 Å². The average Bonchev–Trinajstić information content (AvgIpc) is 3.52. The molecule has 0 aliphatic carbocycles. The largest absolute Gasteiger partial charge is 0.870 e. The number of nitrogens with zero attached hydrogens (tertiary/aromatic N) is 1. The second-order valence-corrected chi connectivity index (χ2v) is 11.8. The average molecular weight is 552 g/mol. The van der Waals surface area contributed by atoms with Crippen molar-refractivity contribution in [2.45, 2.75) is 129 Å². The Morgan fingerprint density at radius 3 is 2.08 bits per heavy atom. The molecule has 0 amide bonds. The highest BCUT2D eigenvalue weighted by Crippen LogP contribution is 2.43.